The van der Waals surface area contributed by atoms with Gasteiger partial charge in [-0.25, -0.2) is 0 Å². The van der Waals surface area contributed by atoms with Crippen LogP contribution in [-0.2, 0) is 6.54 Å². The molecule has 0 bridgehead atoms. The van der Waals surface area contributed by atoms with E-state index in [1.165, 1.54) is 0 Å². The molecule has 1 heterocycles. The lowest BCUT2D eigenvalue weighted by Gasteiger charge is -2.14. The molecule has 0 aromatic heterocycles. The summed E-state index contributed by atoms with van der Waals surface area (Å²) in [5.41, 5.74) is 5.16. The first kappa shape index (κ1) is 18.5. The summed E-state index contributed by atoms with van der Waals surface area (Å²) in [6.45, 7) is 3.20. The quantitative estimate of drug-likeness (QED) is 0.691. The maximum Gasteiger partial charge on any atom is 0.254 e. The van der Waals surface area contributed by atoms with Crippen LogP contribution in [0.5, 0.6) is 0 Å². The number of fused-ring (bicyclic) bond motifs is 1. The first-order valence-electron chi connectivity index (χ1n) is 9.77. The van der Waals surface area contributed by atoms with Crippen molar-refractivity contribution >= 4 is 23.2 Å². The standard InChI is InChI=1S/C22H25N3O3/c1-14-3-4-15(21(27)24-17-5-6-17)12-20(14)23-18-7-8-19-16(11-18)13-25(22(19)28)9-2-10-26/h3-4,7-8,11-12,17,23,26H,2,5-6,9-10,13H2,1H3,(H,24,27). The average molecular weight is 379 g/mol. The molecule has 0 radical (unpaired) electrons. The van der Waals surface area contributed by atoms with E-state index >= 15 is 0 Å². The van der Waals surface area contributed by atoms with Gasteiger partial charge in [0.2, 0.25) is 0 Å². The smallest absolute Gasteiger partial charge is 0.254 e. The molecule has 28 heavy (non-hydrogen) atoms. The van der Waals surface area contributed by atoms with Crippen LogP contribution >= 0.6 is 0 Å². The Morgan fingerprint density at radius 1 is 1.21 bits per heavy atom. The van der Waals surface area contributed by atoms with Crippen molar-refractivity contribution in [1.82, 2.24) is 10.2 Å². The number of carbonyl (C=O) groups excluding carboxylic acids is 2. The van der Waals surface area contributed by atoms with Crippen LogP contribution in [0.3, 0.4) is 0 Å². The molecule has 2 aliphatic rings. The van der Waals surface area contributed by atoms with Gasteiger partial charge in [-0.3, -0.25) is 9.59 Å². The molecule has 2 aromatic carbocycles. The molecule has 1 fully saturated rings. The molecular formula is C22H25N3O3. The van der Waals surface area contributed by atoms with E-state index in [9.17, 15) is 9.59 Å². The van der Waals surface area contributed by atoms with Crippen molar-refractivity contribution in [1.29, 1.82) is 0 Å². The zero-order valence-corrected chi connectivity index (χ0v) is 16.0. The molecule has 6 heteroatoms. The number of aliphatic hydroxyl groups is 1. The molecule has 6 nitrogen and oxygen atoms in total. The molecule has 4 rings (SSSR count). The zero-order chi connectivity index (χ0) is 19.7. The van der Waals surface area contributed by atoms with Gasteiger partial charge < -0.3 is 20.6 Å². The summed E-state index contributed by atoms with van der Waals surface area (Å²) in [5, 5.41) is 15.4. The molecule has 0 spiro atoms. The van der Waals surface area contributed by atoms with Gasteiger partial charge in [0, 0.05) is 48.2 Å². The van der Waals surface area contributed by atoms with Crippen molar-refractivity contribution in [2.24, 2.45) is 0 Å². The first-order chi connectivity index (χ1) is 13.5. The van der Waals surface area contributed by atoms with Gasteiger partial charge in [-0.05, 0) is 67.6 Å². The number of hydrogen-bond donors (Lipinski definition) is 3. The summed E-state index contributed by atoms with van der Waals surface area (Å²) in [6.07, 6.45) is 2.71. The van der Waals surface area contributed by atoms with E-state index < -0.39 is 0 Å². The molecule has 1 saturated carbocycles. The van der Waals surface area contributed by atoms with E-state index in [4.69, 9.17) is 5.11 Å². The van der Waals surface area contributed by atoms with Gasteiger partial charge in [-0.1, -0.05) is 6.07 Å². The van der Waals surface area contributed by atoms with Crippen molar-refractivity contribution in [2.75, 3.05) is 18.5 Å². The monoisotopic (exact) mass is 379 g/mol. The van der Waals surface area contributed by atoms with Crippen LogP contribution in [0.1, 0.15) is 51.1 Å². The Kier molecular flexibility index (Phi) is 5.05. The second-order valence-corrected chi connectivity index (χ2v) is 7.58. The van der Waals surface area contributed by atoms with Crippen LogP contribution in [0.2, 0.25) is 0 Å². The number of hydrogen-bond acceptors (Lipinski definition) is 4. The van der Waals surface area contributed by atoms with Crippen molar-refractivity contribution in [3.8, 4) is 0 Å². The molecule has 2 aromatic rings. The predicted molar refractivity (Wildman–Crippen MR) is 108 cm³/mol. The highest BCUT2D eigenvalue weighted by Gasteiger charge is 2.27. The van der Waals surface area contributed by atoms with Crippen LogP contribution in [0.4, 0.5) is 11.4 Å². The van der Waals surface area contributed by atoms with Gasteiger partial charge in [0.05, 0.1) is 0 Å². The van der Waals surface area contributed by atoms with Gasteiger partial charge in [0.1, 0.15) is 0 Å². The molecular weight excluding hydrogens is 354 g/mol. The highest BCUT2D eigenvalue weighted by Crippen LogP contribution is 2.29. The number of nitrogens with zero attached hydrogens (tertiary/aromatic N) is 1. The molecule has 2 amide bonds. The zero-order valence-electron chi connectivity index (χ0n) is 16.0. The van der Waals surface area contributed by atoms with Crippen molar-refractivity contribution in [2.45, 2.75) is 38.8 Å². The Balaban J connectivity index is 1.51. The lowest BCUT2D eigenvalue weighted by molar-refractivity contribution is 0.0768. The van der Waals surface area contributed by atoms with E-state index in [1.54, 1.807) is 4.90 Å². The van der Waals surface area contributed by atoms with Gasteiger partial charge in [0.15, 0.2) is 0 Å². The Morgan fingerprint density at radius 3 is 2.79 bits per heavy atom. The van der Waals surface area contributed by atoms with Gasteiger partial charge in [-0.15, -0.1) is 0 Å². The molecule has 1 aliphatic carbocycles. The maximum atomic E-state index is 12.4. The summed E-state index contributed by atoms with van der Waals surface area (Å²) in [5.74, 6) is -0.0189. The number of amides is 2. The predicted octanol–water partition coefficient (Wildman–Crippen LogP) is 2.97. The minimum absolute atomic E-state index is 0.0184. The first-order valence-corrected chi connectivity index (χ1v) is 9.77. The number of benzene rings is 2. The summed E-state index contributed by atoms with van der Waals surface area (Å²) < 4.78 is 0. The van der Waals surface area contributed by atoms with Gasteiger partial charge in [0.25, 0.3) is 11.8 Å². The van der Waals surface area contributed by atoms with Gasteiger partial charge in [-0.2, -0.15) is 0 Å². The fourth-order valence-corrected chi connectivity index (χ4v) is 3.45. The lowest BCUT2D eigenvalue weighted by atomic mass is 10.1. The van der Waals surface area contributed by atoms with Crippen LogP contribution in [-0.4, -0.2) is 41.0 Å². The fourth-order valence-electron chi connectivity index (χ4n) is 3.45. The maximum absolute atomic E-state index is 12.4. The fraction of sp³-hybridized carbons (Fsp3) is 0.364. The normalized spacial score (nSPS) is 15.5. The molecule has 146 valence electrons. The molecule has 3 N–H and O–H groups in total. The Hall–Kier alpha value is -2.86. The second kappa shape index (κ2) is 7.64. The number of anilines is 2. The number of carbonyl (C=O) groups is 2. The van der Waals surface area contributed by atoms with Crippen LogP contribution in [0.15, 0.2) is 36.4 Å². The summed E-state index contributed by atoms with van der Waals surface area (Å²) in [7, 11) is 0. The van der Waals surface area contributed by atoms with Gasteiger partial charge >= 0.3 is 0 Å². The van der Waals surface area contributed by atoms with E-state index in [1.807, 2.05) is 43.3 Å². The SMILES string of the molecule is Cc1ccc(C(=O)NC2CC2)cc1Nc1ccc2c(c1)CN(CCCO)C2=O. The molecule has 1 aliphatic heterocycles. The third kappa shape index (κ3) is 3.87. The Bertz CT molecular complexity index is 921. The molecule has 0 atom stereocenters. The van der Waals surface area contributed by atoms with Crippen LogP contribution in [0.25, 0.3) is 0 Å². The number of aliphatic hydroxyl groups excluding tert-OH is 1. The third-order valence-electron chi connectivity index (χ3n) is 5.26. The summed E-state index contributed by atoms with van der Waals surface area (Å²) >= 11 is 0. The van der Waals surface area contributed by atoms with Crippen LogP contribution < -0.4 is 10.6 Å². The molecule has 0 unspecified atom stereocenters. The minimum atomic E-state index is -0.0374. The Morgan fingerprint density at radius 2 is 2.04 bits per heavy atom. The largest absolute Gasteiger partial charge is 0.396 e. The van der Waals surface area contributed by atoms with E-state index in [2.05, 4.69) is 10.6 Å². The highest BCUT2D eigenvalue weighted by atomic mass is 16.3. The van der Waals surface area contributed by atoms with E-state index in [0.29, 0.717) is 31.1 Å². The summed E-state index contributed by atoms with van der Waals surface area (Å²) in [6, 6.07) is 11.7. The number of rotatable bonds is 7. The summed E-state index contributed by atoms with van der Waals surface area (Å²) in [4.78, 5) is 26.5. The molecule has 0 saturated heterocycles. The average Bonchev–Trinajstić information content (AvgIpc) is 3.44. The number of nitrogens with one attached hydrogen (secondary N) is 2. The third-order valence-corrected chi connectivity index (χ3v) is 5.26. The van der Waals surface area contributed by atoms with E-state index in [0.717, 1.165) is 40.9 Å². The minimum Gasteiger partial charge on any atom is -0.396 e. The Labute approximate surface area is 164 Å². The number of aryl methyl sites for hydroxylation is 1. The second-order valence-electron chi connectivity index (χ2n) is 7.58. The van der Waals surface area contributed by atoms with E-state index in [-0.39, 0.29) is 18.4 Å². The lowest BCUT2D eigenvalue weighted by Crippen LogP contribution is -2.25. The highest BCUT2D eigenvalue weighted by molar-refractivity contribution is 5.99. The van der Waals surface area contributed by atoms with Crippen molar-refractivity contribution in [3.05, 3.63) is 58.7 Å². The van der Waals surface area contributed by atoms with Crippen molar-refractivity contribution in [3.63, 3.8) is 0 Å². The van der Waals surface area contributed by atoms with Crippen molar-refractivity contribution < 1.29 is 14.7 Å². The van der Waals surface area contributed by atoms with Crippen LogP contribution in [0, 0.1) is 6.92 Å². The topological polar surface area (TPSA) is 81.7 Å².